The molecule has 3 N–H and O–H groups in total. The Hall–Kier alpha value is -2.13. The molecule has 26 heavy (non-hydrogen) atoms. The molecule has 2 unspecified atom stereocenters. The summed E-state index contributed by atoms with van der Waals surface area (Å²) in [7, 11) is -3.50. The maximum absolute atomic E-state index is 12.3. The summed E-state index contributed by atoms with van der Waals surface area (Å²) in [6, 6.07) is 5.95. The number of sulfonamides is 1. The lowest BCUT2D eigenvalue weighted by atomic mass is 9.91. The van der Waals surface area contributed by atoms with Crippen molar-refractivity contribution in [3.8, 4) is 0 Å². The van der Waals surface area contributed by atoms with Crippen LogP contribution in [0.2, 0.25) is 0 Å². The molecule has 1 aromatic carbocycles. The molecule has 144 valence electrons. The topological polar surface area (TPSA) is 116 Å². The van der Waals surface area contributed by atoms with E-state index in [1.54, 1.807) is 19.1 Å². The predicted octanol–water partition coefficient (Wildman–Crippen LogP) is 1.24. The number of amides is 2. The smallest absolute Gasteiger partial charge is 0.317 e. The fraction of sp³-hybridized carbons (Fsp3) is 0.529. The minimum absolute atomic E-state index is 0.131. The van der Waals surface area contributed by atoms with Crippen molar-refractivity contribution in [2.45, 2.75) is 31.7 Å². The lowest BCUT2D eigenvalue weighted by Gasteiger charge is -2.34. The van der Waals surface area contributed by atoms with Crippen LogP contribution in [-0.2, 0) is 21.4 Å². The molecule has 0 aliphatic carbocycles. The molecule has 2 amide bonds. The Kier molecular flexibility index (Phi) is 6.60. The number of likely N-dealkylation sites (tertiary alicyclic amines) is 1. The SMILES string of the molecule is CCNS(=O)(=O)c1ccc(CNC(=O)N2CC(C)CC(C(=O)O)C2)cc1. The molecule has 1 aliphatic heterocycles. The van der Waals surface area contributed by atoms with Crippen molar-refractivity contribution in [3.63, 3.8) is 0 Å². The zero-order valence-electron chi connectivity index (χ0n) is 14.9. The Balaban J connectivity index is 1.94. The zero-order valence-corrected chi connectivity index (χ0v) is 15.8. The van der Waals surface area contributed by atoms with Gasteiger partial charge in [0.25, 0.3) is 0 Å². The Labute approximate surface area is 153 Å². The third-order valence-electron chi connectivity index (χ3n) is 4.31. The number of aliphatic carboxylic acids is 1. The van der Waals surface area contributed by atoms with Crippen molar-refractivity contribution in [1.82, 2.24) is 14.9 Å². The van der Waals surface area contributed by atoms with Crippen LogP contribution >= 0.6 is 0 Å². The number of carbonyl (C=O) groups is 2. The van der Waals surface area contributed by atoms with Crippen LogP contribution < -0.4 is 10.0 Å². The molecule has 0 aromatic heterocycles. The summed E-state index contributed by atoms with van der Waals surface area (Å²) in [5, 5.41) is 11.9. The van der Waals surface area contributed by atoms with Gasteiger partial charge in [0.15, 0.2) is 0 Å². The third-order valence-corrected chi connectivity index (χ3v) is 5.87. The number of carbonyl (C=O) groups excluding carboxylic acids is 1. The van der Waals surface area contributed by atoms with Crippen LogP contribution in [0.25, 0.3) is 0 Å². The highest BCUT2D eigenvalue weighted by atomic mass is 32.2. The number of carboxylic acids is 1. The molecule has 0 bridgehead atoms. The Morgan fingerprint density at radius 1 is 1.23 bits per heavy atom. The van der Waals surface area contributed by atoms with Crippen molar-refractivity contribution in [3.05, 3.63) is 29.8 Å². The van der Waals surface area contributed by atoms with Crippen LogP contribution in [-0.4, -0.2) is 50.1 Å². The number of nitrogens with zero attached hydrogens (tertiary/aromatic N) is 1. The number of benzene rings is 1. The second-order valence-corrected chi connectivity index (χ2v) is 8.35. The van der Waals surface area contributed by atoms with Gasteiger partial charge >= 0.3 is 12.0 Å². The van der Waals surface area contributed by atoms with Crippen LogP contribution in [0.4, 0.5) is 4.79 Å². The van der Waals surface area contributed by atoms with Gasteiger partial charge in [-0.1, -0.05) is 26.0 Å². The fourth-order valence-electron chi connectivity index (χ4n) is 3.05. The Morgan fingerprint density at radius 3 is 2.46 bits per heavy atom. The molecule has 1 fully saturated rings. The Bertz CT molecular complexity index is 748. The molecule has 9 heteroatoms. The van der Waals surface area contributed by atoms with Gasteiger partial charge in [0.1, 0.15) is 0 Å². The van der Waals surface area contributed by atoms with Crippen LogP contribution in [0.5, 0.6) is 0 Å². The van der Waals surface area contributed by atoms with Gasteiger partial charge in [-0.2, -0.15) is 0 Å². The largest absolute Gasteiger partial charge is 0.481 e. The number of hydrogen-bond donors (Lipinski definition) is 3. The van der Waals surface area contributed by atoms with Crippen molar-refractivity contribution in [2.75, 3.05) is 19.6 Å². The van der Waals surface area contributed by atoms with E-state index in [0.29, 0.717) is 19.5 Å². The van der Waals surface area contributed by atoms with Gasteiger partial charge in [-0.3, -0.25) is 4.79 Å². The minimum atomic E-state index is -3.50. The molecule has 8 nitrogen and oxygen atoms in total. The Morgan fingerprint density at radius 2 is 1.88 bits per heavy atom. The van der Waals surface area contributed by atoms with Crippen molar-refractivity contribution < 1.29 is 23.1 Å². The van der Waals surface area contributed by atoms with Gasteiger partial charge in [-0.15, -0.1) is 0 Å². The molecular formula is C17H25N3O5S. The third kappa shape index (κ3) is 5.18. The molecular weight excluding hydrogens is 358 g/mol. The number of urea groups is 1. The number of piperidine rings is 1. The van der Waals surface area contributed by atoms with Gasteiger partial charge in [0.05, 0.1) is 10.8 Å². The molecule has 1 saturated heterocycles. The quantitative estimate of drug-likeness (QED) is 0.683. The van der Waals surface area contributed by atoms with E-state index in [0.717, 1.165) is 5.56 Å². The maximum atomic E-state index is 12.3. The molecule has 0 saturated carbocycles. The highest BCUT2D eigenvalue weighted by Crippen LogP contribution is 2.21. The number of hydrogen-bond acceptors (Lipinski definition) is 4. The van der Waals surface area contributed by atoms with Crippen LogP contribution in [0, 0.1) is 11.8 Å². The molecule has 0 spiro atoms. The van der Waals surface area contributed by atoms with E-state index in [-0.39, 0.29) is 29.9 Å². The molecule has 1 aliphatic rings. The molecule has 2 atom stereocenters. The maximum Gasteiger partial charge on any atom is 0.317 e. The first-order valence-corrected chi connectivity index (χ1v) is 10.1. The summed E-state index contributed by atoms with van der Waals surface area (Å²) in [6.07, 6.45) is 0.570. The van der Waals surface area contributed by atoms with Gasteiger partial charge in [-0.05, 0) is 30.0 Å². The van der Waals surface area contributed by atoms with Crippen molar-refractivity contribution >= 4 is 22.0 Å². The highest BCUT2D eigenvalue weighted by Gasteiger charge is 2.31. The summed E-state index contributed by atoms with van der Waals surface area (Å²) < 4.78 is 26.2. The van der Waals surface area contributed by atoms with Gasteiger partial charge in [0, 0.05) is 26.2 Å². The molecule has 1 heterocycles. The molecule has 1 aromatic rings. The van der Waals surface area contributed by atoms with Crippen LogP contribution in [0.15, 0.2) is 29.2 Å². The zero-order chi connectivity index (χ0) is 19.3. The molecule has 2 rings (SSSR count). The highest BCUT2D eigenvalue weighted by molar-refractivity contribution is 7.89. The first kappa shape index (κ1) is 20.2. The first-order chi connectivity index (χ1) is 12.2. The van der Waals surface area contributed by atoms with E-state index in [1.165, 1.54) is 17.0 Å². The summed E-state index contributed by atoms with van der Waals surface area (Å²) in [4.78, 5) is 25.2. The van der Waals surface area contributed by atoms with Gasteiger partial charge < -0.3 is 15.3 Å². The minimum Gasteiger partial charge on any atom is -0.481 e. The standard InChI is InChI=1S/C17H25N3O5S/c1-3-19-26(24,25)15-6-4-13(5-7-15)9-18-17(23)20-10-12(2)8-14(11-20)16(21)22/h4-7,12,14,19H,3,8-11H2,1-2H3,(H,18,23)(H,21,22). The van der Waals surface area contributed by atoms with E-state index in [2.05, 4.69) is 10.0 Å². The normalized spacial score (nSPS) is 20.6. The average molecular weight is 383 g/mol. The summed E-state index contributed by atoms with van der Waals surface area (Å²) in [5.41, 5.74) is 0.758. The second kappa shape index (κ2) is 8.50. The summed E-state index contributed by atoms with van der Waals surface area (Å²) in [6.45, 7) is 4.91. The van der Waals surface area contributed by atoms with Crippen molar-refractivity contribution in [1.29, 1.82) is 0 Å². The average Bonchev–Trinajstić information content (AvgIpc) is 2.59. The second-order valence-electron chi connectivity index (χ2n) is 6.59. The van der Waals surface area contributed by atoms with E-state index in [1.807, 2.05) is 6.92 Å². The van der Waals surface area contributed by atoms with Gasteiger partial charge in [-0.25, -0.2) is 17.9 Å². The fourth-order valence-corrected chi connectivity index (χ4v) is 4.09. The van der Waals surface area contributed by atoms with Crippen LogP contribution in [0.1, 0.15) is 25.8 Å². The summed E-state index contributed by atoms with van der Waals surface area (Å²) >= 11 is 0. The lowest BCUT2D eigenvalue weighted by Crippen LogP contribution is -2.49. The number of rotatable bonds is 6. The van der Waals surface area contributed by atoms with Gasteiger partial charge in [0.2, 0.25) is 10.0 Å². The number of carboxylic acid groups (broad SMARTS) is 1. The van der Waals surface area contributed by atoms with E-state index < -0.39 is 21.9 Å². The van der Waals surface area contributed by atoms with E-state index >= 15 is 0 Å². The number of nitrogens with one attached hydrogen (secondary N) is 2. The first-order valence-electron chi connectivity index (χ1n) is 8.57. The summed E-state index contributed by atoms with van der Waals surface area (Å²) in [5.74, 6) is -1.29. The van der Waals surface area contributed by atoms with Crippen LogP contribution in [0.3, 0.4) is 0 Å². The van der Waals surface area contributed by atoms with Crippen molar-refractivity contribution in [2.24, 2.45) is 11.8 Å². The van der Waals surface area contributed by atoms with E-state index in [4.69, 9.17) is 0 Å². The molecule has 0 radical (unpaired) electrons. The monoisotopic (exact) mass is 383 g/mol. The van der Waals surface area contributed by atoms with E-state index in [9.17, 15) is 23.1 Å². The lowest BCUT2D eigenvalue weighted by molar-refractivity contribution is -0.143. The predicted molar refractivity (Wildman–Crippen MR) is 96.0 cm³/mol.